The maximum Gasteiger partial charge on any atom is 0.319 e. The molecule has 1 N–H and O–H groups in total. The Morgan fingerprint density at radius 1 is 1.13 bits per heavy atom. The van der Waals surface area contributed by atoms with Gasteiger partial charge in [-0.25, -0.2) is 0 Å². The van der Waals surface area contributed by atoms with Crippen molar-refractivity contribution in [2.75, 3.05) is 11.5 Å². The van der Waals surface area contributed by atoms with E-state index >= 15 is 0 Å². The van der Waals surface area contributed by atoms with Crippen LogP contribution in [0.3, 0.4) is 0 Å². The maximum absolute atomic E-state index is 11.1. The molecule has 0 aromatic rings. The summed E-state index contributed by atoms with van der Waals surface area (Å²) in [7, 11) is 0. The lowest BCUT2D eigenvalue weighted by Gasteiger charge is -2.28. The summed E-state index contributed by atoms with van der Waals surface area (Å²) in [6.07, 6.45) is 0.728. The fourth-order valence-corrected chi connectivity index (χ4v) is 2.78. The van der Waals surface area contributed by atoms with E-state index in [1.54, 1.807) is 0 Å². The lowest BCUT2D eigenvalue weighted by atomic mass is 9.96. The molecular formula is C8H16O2S5. The van der Waals surface area contributed by atoms with Crippen LogP contribution in [0.2, 0.25) is 0 Å². The third-order valence-electron chi connectivity index (χ3n) is 1.97. The second-order valence-electron chi connectivity index (χ2n) is 3.42. The van der Waals surface area contributed by atoms with Crippen LogP contribution in [-0.2, 0) is 4.79 Å². The van der Waals surface area contributed by atoms with Crippen molar-refractivity contribution in [3.05, 3.63) is 0 Å². The predicted molar refractivity (Wildman–Crippen MR) is 81.8 cm³/mol. The van der Waals surface area contributed by atoms with Crippen LogP contribution in [0, 0.1) is 0 Å². The van der Waals surface area contributed by atoms with Crippen LogP contribution < -0.4 is 0 Å². The molecule has 90 valence electrons. The highest BCUT2D eigenvalue weighted by Crippen LogP contribution is 2.31. The quantitative estimate of drug-likeness (QED) is 0.407. The van der Waals surface area contributed by atoms with E-state index in [0.717, 1.165) is 0 Å². The van der Waals surface area contributed by atoms with Gasteiger partial charge < -0.3 is 5.11 Å². The molecule has 2 atom stereocenters. The largest absolute Gasteiger partial charge is 0.480 e. The first-order valence-electron chi connectivity index (χ1n) is 4.39. The van der Waals surface area contributed by atoms with Crippen LogP contribution in [0.5, 0.6) is 0 Å². The second-order valence-corrected chi connectivity index (χ2v) is 6.46. The van der Waals surface area contributed by atoms with Crippen LogP contribution in [0.25, 0.3) is 0 Å². The molecule has 0 fully saturated rings. The van der Waals surface area contributed by atoms with E-state index in [4.69, 9.17) is 5.11 Å². The Kier molecular flexibility index (Phi) is 8.14. The van der Waals surface area contributed by atoms with Gasteiger partial charge in [-0.3, -0.25) is 4.79 Å². The number of hydrogen-bond donors (Lipinski definition) is 6. The van der Waals surface area contributed by atoms with E-state index in [1.165, 1.54) is 0 Å². The van der Waals surface area contributed by atoms with Crippen LogP contribution in [0.1, 0.15) is 12.8 Å². The zero-order chi connectivity index (χ0) is 12.1. The van der Waals surface area contributed by atoms with Crippen molar-refractivity contribution in [3.8, 4) is 0 Å². The van der Waals surface area contributed by atoms with Crippen LogP contribution in [-0.4, -0.2) is 37.8 Å². The number of carbonyl (C=O) groups is 1. The summed E-state index contributed by atoms with van der Waals surface area (Å²) in [5.74, 6) is 0.112. The molecule has 0 radical (unpaired) electrons. The van der Waals surface area contributed by atoms with Crippen molar-refractivity contribution in [3.63, 3.8) is 0 Å². The number of carboxylic acids is 1. The Hall–Kier alpha value is 1.22. The fourth-order valence-electron chi connectivity index (χ4n) is 1.17. The summed E-state index contributed by atoms with van der Waals surface area (Å²) in [6, 6.07) is 0. The Balaban J connectivity index is 4.52. The summed E-state index contributed by atoms with van der Waals surface area (Å²) >= 11 is 20.9. The van der Waals surface area contributed by atoms with Crippen LogP contribution in [0.4, 0.5) is 0 Å². The minimum absolute atomic E-state index is 0.0811. The fraction of sp³-hybridized carbons (Fsp3) is 0.875. The topological polar surface area (TPSA) is 37.3 Å². The molecule has 0 rings (SSSR count). The molecule has 2 unspecified atom stereocenters. The van der Waals surface area contributed by atoms with Crippen molar-refractivity contribution in [2.45, 2.75) is 28.1 Å². The molecule has 15 heavy (non-hydrogen) atoms. The van der Waals surface area contributed by atoms with E-state index in [1.807, 2.05) is 0 Å². The molecule has 0 aliphatic rings. The molecule has 0 bridgehead atoms. The minimum atomic E-state index is -1.09. The first-order valence-corrected chi connectivity index (χ1v) is 7.14. The molecule has 0 aromatic heterocycles. The van der Waals surface area contributed by atoms with E-state index < -0.39 is 10.7 Å². The number of rotatable bonds is 7. The molecule has 7 heteroatoms. The van der Waals surface area contributed by atoms with Gasteiger partial charge in [0.05, 0.1) is 0 Å². The first-order chi connectivity index (χ1) is 6.85. The average molecular weight is 305 g/mol. The molecule has 0 saturated carbocycles. The van der Waals surface area contributed by atoms with Gasteiger partial charge in [0.2, 0.25) is 0 Å². The summed E-state index contributed by atoms with van der Waals surface area (Å²) in [5.41, 5.74) is 0. The van der Waals surface area contributed by atoms with Crippen LogP contribution >= 0.6 is 63.1 Å². The normalized spacial score (nSPS) is 19.3. The summed E-state index contributed by atoms with van der Waals surface area (Å²) in [5, 5.41) is 8.96. The van der Waals surface area contributed by atoms with Crippen molar-refractivity contribution in [1.29, 1.82) is 0 Å². The predicted octanol–water partition coefficient (Wildman–Crippen LogP) is 1.98. The third kappa shape index (κ3) is 5.91. The van der Waals surface area contributed by atoms with Gasteiger partial charge in [-0.2, -0.15) is 63.1 Å². The average Bonchev–Trinajstić information content (AvgIpc) is 2.16. The Morgan fingerprint density at radius 3 is 1.67 bits per heavy atom. The lowest BCUT2D eigenvalue weighted by molar-refractivity contribution is -0.140. The van der Waals surface area contributed by atoms with Gasteiger partial charge in [0.15, 0.2) is 0 Å². The van der Waals surface area contributed by atoms with Gasteiger partial charge in [-0.15, -0.1) is 0 Å². The number of thiol groups is 5. The SMILES string of the molecule is O=C(O)C(S)(CC(S)CS)CC(S)CS. The number of carboxylic acid groups (broad SMARTS) is 1. The van der Waals surface area contributed by atoms with Crippen molar-refractivity contribution < 1.29 is 9.90 Å². The van der Waals surface area contributed by atoms with Gasteiger partial charge in [-0.05, 0) is 12.8 Å². The van der Waals surface area contributed by atoms with Crippen LogP contribution in [0.15, 0.2) is 0 Å². The highest BCUT2D eigenvalue weighted by molar-refractivity contribution is 7.85. The van der Waals surface area contributed by atoms with Gasteiger partial charge in [-0.1, -0.05) is 0 Å². The van der Waals surface area contributed by atoms with Crippen molar-refractivity contribution in [1.82, 2.24) is 0 Å². The summed E-state index contributed by atoms with van der Waals surface area (Å²) in [4.78, 5) is 11.1. The number of aliphatic carboxylic acids is 1. The first kappa shape index (κ1) is 16.2. The highest BCUT2D eigenvalue weighted by Gasteiger charge is 2.37. The van der Waals surface area contributed by atoms with E-state index in [2.05, 4.69) is 63.1 Å². The van der Waals surface area contributed by atoms with E-state index in [9.17, 15) is 4.79 Å². The Labute approximate surface area is 118 Å². The Bertz CT molecular complexity index is 199. The molecule has 0 amide bonds. The Morgan fingerprint density at radius 2 is 1.47 bits per heavy atom. The van der Waals surface area contributed by atoms with Gasteiger partial charge >= 0.3 is 5.97 Å². The second kappa shape index (κ2) is 7.53. The highest BCUT2D eigenvalue weighted by atomic mass is 32.1. The third-order valence-corrected chi connectivity index (χ3v) is 4.71. The van der Waals surface area contributed by atoms with Crippen molar-refractivity contribution in [2.24, 2.45) is 0 Å². The lowest BCUT2D eigenvalue weighted by Crippen LogP contribution is -2.38. The maximum atomic E-state index is 11.1. The molecule has 0 aromatic carbocycles. The van der Waals surface area contributed by atoms with Gasteiger partial charge in [0, 0.05) is 22.0 Å². The molecule has 0 aliphatic carbocycles. The molecule has 0 heterocycles. The molecule has 0 aliphatic heterocycles. The minimum Gasteiger partial charge on any atom is -0.480 e. The van der Waals surface area contributed by atoms with Gasteiger partial charge in [0.1, 0.15) is 4.75 Å². The summed E-state index contributed by atoms with van der Waals surface area (Å²) < 4.78 is -1.09. The smallest absolute Gasteiger partial charge is 0.319 e. The number of hydrogen-bond acceptors (Lipinski definition) is 6. The zero-order valence-corrected chi connectivity index (χ0v) is 12.5. The molecular weight excluding hydrogens is 288 g/mol. The van der Waals surface area contributed by atoms with E-state index in [0.29, 0.717) is 24.3 Å². The molecule has 0 spiro atoms. The molecule has 0 saturated heterocycles. The van der Waals surface area contributed by atoms with Crippen molar-refractivity contribution >= 4 is 69.1 Å². The monoisotopic (exact) mass is 304 g/mol. The standard InChI is InChI=1S/C8H16O2S5/c9-7(10)8(15,1-5(13)3-11)2-6(14)4-12/h5-6,11-15H,1-4H2,(H,9,10). The molecule has 2 nitrogen and oxygen atoms in total. The van der Waals surface area contributed by atoms with Gasteiger partial charge in [0.25, 0.3) is 0 Å². The summed E-state index contributed by atoms with van der Waals surface area (Å²) in [6.45, 7) is 0. The van der Waals surface area contributed by atoms with E-state index in [-0.39, 0.29) is 10.5 Å². The zero-order valence-electron chi connectivity index (χ0n) is 8.07.